The Bertz CT molecular complexity index is 696. The summed E-state index contributed by atoms with van der Waals surface area (Å²) in [5, 5.41) is 5.64. The van der Waals surface area contributed by atoms with Crippen LogP contribution in [0.3, 0.4) is 0 Å². The number of aromatic nitrogens is 2. The molecule has 2 aromatic heterocycles. The molecule has 1 aromatic carbocycles. The number of hydrogen-bond acceptors (Lipinski definition) is 3. The Balaban J connectivity index is 2.26. The molecule has 3 rings (SSSR count). The second kappa shape index (κ2) is 3.82. The van der Waals surface area contributed by atoms with Crippen molar-refractivity contribution in [3.05, 3.63) is 41.3 Å². The topological polar surface area (TPSA) is 34.9 Å². The standard InChI is InChI=1S/C13H10N2OS/c1-15-11-5-3-2-4-10(11)13(14-15)12-7-6-9(8-16)17-12/h2-8H,1H3. The molecule has 0 atom stereocenters. The van der Waals surface area contributed by atoms with Gasteiger partial charge in [0.15, 0.2) is 6.29 Å². The fourth-order valence-corrected chi connectivity index (χ4v) is 2.76. The predicted molar refractivity (Wildman–Crippen MR) is 69.4 cm³/mol. The third-order valence-electron chi connectivity index (χ3n) is 2.73. The van der Waals surface area contributed by atoms with Crippen LogP contribution in [0.15, 0.2) is 36.4 Å². The summed E-state index contributed by atoms with van der Waals surface area (Å²) in [6, 6.07) is 11.9. The van der Waals surface area contributed by atoms with E-state index in [1.54, 1.807) is 0 Å². The normalized spacial score (nSPS) is 10.9. The summed E-state index contributed by atoms with van der Waals surface area (Å²) in [5.74, 6) is 0. The van der Waals surface area contributed by atoms with E-state index in [-0.39, 0.29) is 0 Å². The molecule has 0 saturated heterocycles. The van der Waals surface area contributed by atoms with Gasteiger partial charge in [-0.2, -0.15) is 5.10 Å². The molecule has 0 fully saturated rings. The highest BCUT2D eigenvalue weighted by Crippen LogP contribution is 2.31. The van der Waals surface area contributed by atoms with Crippen molar-refractivity contribution in [2.75, 3.05) is 0 Å². The second-order valence-electron chi connectivity index (χ2n) is 3.81. The average Bonchev–Trinajstić information content (AvgIpc) is 2.95. The van der Waals surface area contributed by atoms with E-state index in [0.717, 1.165) is 32.6 Å². The fraction of sp³-hybridized carbons (Fsp3) is 0.0769. The zero-order valence-corrected chi connectivity index (χ0v) is 10.1. The molecule has 84 valence electrons. The van der Waals surface area contributed by atoms with Gasteiger partial charge in [-0.15, -0.1) is 11.3 Å². The summed E-state index contributed by atoms with van der Waals surface area (Å²) in [4.78, 5) is 12.5. The minimum absolute atomic E-state index is 0.731. The quantitative estimate of drug-likeness (QED) is 0.647. The first-order valence-corrected chi connectivity index (χ1v) is 6.08. The zero-order chi connectivity index (χ0) is 11.8. The fourth-order valence-electron chi connectivity index (χ4n) is 1.94. The van der Waals surface area contributed by atoms with Crippen LogP contribution in [0.4, 0.5) is 0 Å². The second-order valence-corrected chi connectivity index (χ2v) is 4.92. The number of fused-ring (bicyclic) bond motifs is 1. The highest BCUT2D eigenvalue weighted by atomic mass is 32.1. The molecular weight excluding hydrogens is 232 g/mol. The molecular formula is C13H10N2OS. The molecule has 17 heavy (non-hydrogen) atoms. The van der Waals surface area contributed by atoms with Crippen LogP contribution in [0.2, 0.25) is 0 Å². The molecule has 0 aliphatic heterocycles. The molecule has 0 unspecified atom stereocenters. The van der Waals surface area contributed by atoms with Crippen molar-refractivity contribution in [2.45, 2.75) is 0 Å². The zero-order valence-electron chi connectivity index (χ0n) is 9.25. The summed E-state index contributed by atoms with van der Waals surface area (Å²) < 4.78 is 1.87. The number of aryl methyl sites for hydroxylation is 1. The van der Waals surface area contributed by atoms with Gasteiger partial charge in [-0.3, -0.25) is 9.48 Å². The van der Waals surface area contributed by atoms with Crippen molar-refractivity contribution in [3.8, 4) is 10.6 Å². The Morgan fingerprint density at radius 3 is 2.82 bits per heavy atom. The molecule has 0 amide bonds. The third-order valence-corrected chi connectivity index (χ3v) is 3.75. The minimum atomic E-state index is 0.731. The molecule has 4 heteroatoms. The van der Waals surface area contributed by atoms with Crippen LogP contribution in [0.5, 0.6) is 0 Å². The summed E-state index contributed by atoms with van der Waals surface area (Å²) in [6.07, 6.45) is 0.874. The molecule has 3 nitrogen and oxygen atoms in total. The van der Waals surface area contributed by atoms with Gasteiger partial charge in [0.25, 0.3) is 0 Å². The lowest BCUT2D eigenvalue weighted by atomic mass is 10.2. The van der Waals surface area contributed by atoms with E-state index < -0.39 is 0 Å². The Kier molecular flexibility index (Phi) is 2.30. The number of aldehydes is 1. The van der Waals surface area contributed by atoms with E-state index in [2.05, 4.69) is 11.2 Å². The molecule has 0 bridgehead atoms. The maximum absolute atomic E-state index is 10.7. The highest BCUT2D eigenvalue weighted by molar-refractivity contribution is 7.17. The largest absolute Gasteiger partial charge is 0.297 e. The minimum Gasteiger partial charge on any atom is -0.297 e. The van der Waals surface area contributed by atoms with Gasteiger partial charge in [-0.25, -0.2) is 0 Å². The van der Waals surface area contributed by atoms with Crippen LogP contribution in [-0.2, 0) is 7.05 Å². The van der Waals surface area contributed by atoms with Crippen molar-refractivity contribution in [2.24, 2.45) is 7.05 Å². The SMILES string of the molecule is Cn1nc(-c2ccc(C=O)s2)c2ccccc21. The van der Waals surface area contributed by atoms with Gasteiger partial charge >= 0.3 is 0 Å². The maximum atomic E-state index is 10.7. The van der Waals surface area contributed by atoms with Crippen molar-refractivity contribution in [1.82, 2.24) is 9.78 Å². The number of para-hydroxylation sites is 1. The highest BCUT2D eigenvalue weighted by Gasteiger charge is 2.11. The van der Waals surface area contributed by atoms with Crippen LogP contribution in [0, 0.1) is 0 Å². The lowest BCUT2D eigenvalue weighted by Gasteiger charge is -1.91. The van der Waals surface area contributed by atoms with Crippen LogP contribution in [0.1, 0.15) is 9.67 Å². The Hall–Kier alpha value is -1.94. The van der Waals surface area contributed by atoms with Gasteiger partial charge in [0.2, 0.25) is 0 Å². The Morgan fingerprint density at radius 2 is 2.06 bits per heavy atom. The Morgan fingerprint density at radius 1 is 1.24 bits per heavy atom. The maximum Gasteiger partial charge on any atom is 0.160 e. The van der Waals surface area contributed by atoms with Crippen LogP contribution in [-0.4, -0.2) is 16.1 Å². The molecule has 0 spiro atoms. The lowest BCUT2D eigenvalue weighted by molar-refractivity contribution is 0.112. The summed E-state index contributed by atoms with van der Waals surface area (Å²) in [7, 11) is 1.93. The first kappa shape index (κ1) is 10.2. The summed E-state index contributed by atoms with van der Waals surface area (Å²) in [6.45, 7) is 0. The van der Waals surface area contributed by atoms with Crippen LogP contribution >= 0.6 is 11.3 Å². The number of carbonyl (C=O) groups excluding carboxylic acids is 1. The van der Waals surface area contributed by atoms with Gasteiger partial charge in [0.05, 0.1) is 15.3 Å². The van der Waals surface area contributed by atoms with Crippen LogP contribution in [0.25, 0.3) is 21.5 Å². The first-order valence-electron chi connectivity index (χ1n) is 5.27. The first-order chi connectivity index (χ1) is 8.29. The van der Waals surface area contributed by atoms with Crippen molar-refractivity contribution < 1.29 is 4.79 Å². The summed E-state index contributed by atoms with van der Waals surface area (Å²) >= 11 is 1.47. The molecule has 0 radical (unpaired) electrons. The predicted octanol–water partition coefficient (Wildman–Crippen LogP) is 3.11. The third kappa shape index (κ3) is 1.57. The van der Waals surface area contributed by atoms with E-state index in [9.17, 15) is 4.79 Å². The molecule has 3 aromatic rings. The van der Waals surface area contributed by atoms with E-state index in [4.69, 9.17) is 0 Å². The summed E-state index contributed by atoms with van der Waals surface area (Å²) in [5.41, 5.74) is 2.05. The van der Waals surface area contributed by atoms with Crippen molar-refractivity contribution >= 4 is 28.5 Å². The van der Waals surface area contributed by atoms with Gasteiger partial charge in [0, 0.05) is 12.4 Å². The number of hydrogen-bond donors (Lipinski definition) is 0. The van der Waals surface area contributed by atoms with Gasteiger partial charge in [0.1, 0.15) is 5.69 Å². The van der Waals surface area contributed by atoms with E-state index in [1.165, 1.54) is 11.3 Å². The van der Waals surface area contributed by atoms with Gasteiger partial charge in [-0.1, -0.05) is 18.2 Å². The number of thiophene rings is 1. The molecule has 0 N–H and O–H groups in total. The number of rotatable bonds is 2. The monoisotopic (exact) mass is 242 g/mol. The van der Waals surface area contributed by atoms with Crippen molar-refractivity contribution in [3.63, 3.8) is 0 Å². The lowest BCUT2D eigenvalue weighted by Crippen LogP contribution is -1.88. The molecule has 0 saturated carbocycles. The average molecular weight is 242 g/mol. The van der Waals surface area contributed by atoms with Gasteiger partial charge < -0.3 is 0 Å². The molecule has 0 aliphatic carbocycles. The van der Waals surface area contributed by atoms with Crippen molar-refractivity contribution in [1.29, 1.82) is 0 Å². The number of carbonyl (C=O) groups is 1. The molecule has 2 heterocycles. The van der Waals surface area contributed by atoms with Crippen LogP contribution < -0.4 is 0 Å². The van der Waals surface area contributed by atoms with E-state index >= 15 is 0 Å². The number of benzene rings is 1. The smallest absolute Gasteiger partial charge is 0.160 e. The van der Waals surface area contributed by atoms with E-state index in [0.29, 0.717) is 0 Å². The number of nitrogens with zero attached hydrogens (tertiary/aromatic N) is 2. The molecule has 0 aliphatic rings. The van der Waals surface area contributed by atoms with E-state index in [1.807, 2.05) is 42.1 Å². The Labute approximate surface area is 102 Å². The van der Waals surface area contributed by atoms with Gasteiger partial charge in [-0.05, 0) is 18.2 Å².